The molecule has 0 bridgehead atoms. The standard InChI is InChI=1S/C18H23NO3S/c1-13(2)14-4-6-15(7-5-14)18(12-19)23(20,21)17-10-8-16(22-3)9-11-17/h4-11,13,18H,12,19H2,1-3H3/t18-/m0/s1. The molecule has 0 saturated carbocycles. The van der Waals surface area contributed by atoms with E-state index in [1.165, 1.54) is 5.56 Å². The van der Waals surface area contributed by atoms with Gasteiger partial charge in [0.25, 0.3) is 0 Å². The van der Waals surface area contributed by atoms with Gasteiger partial charge in [0.1, 0.15) is 11.0 Å². The third kappa shape index (κ3) is 3.74. The summed E-state index contributed by atoms with van der Waals surface area (Å²) in [7, 11) is -2.00. The Balaban J connectivity index is 2.37. The zero-order valence-corrected chi connectivity index (χ0v) is 14.5. The Hall–Kier alpha value is -1.85. The fourth-order valence-corrected chi connectivity index (χ4v) is 4.08. The first-order valence-corrected chi connectivity index (χ1v) is 9.12. The van der Waals surface area contributed by atoms with E-state index in [1.807, 2.05) is 24.3 Å². The van der Waals surface area contributed by atoms with Gasteiger partial charge >= 0.3 is 0 Å². The van der Waals surface area contributed by atoms with Crippen LogP contribution in [-0.4, -0.2) is 22.1 Å². The SMILES string of the molecule is COc1ccc(S(=O)(=O)[C@@H](CN)c2ccc(C(C)C)cc2)cc1. The summed E-state index contributed by atoms with van der Waals surface area (Å²) in [5, 5.41) is -0.753. The van der Waals surface area contributed by atoms with Crippen LogP contribution in [0, 0.1) is 0 Å². The van der Waals surface area contributed by atoms with Gasteiger partial charge in [-0.15, -0.1) is 0 Å². The number of hydrogen-bond acceptors (Lipinski definition) is 4. The zero-order valence-electron chi connectivity index (χ0n) is 13.7. The second kappa shape index (κ2) is 7.15. The molecule has 0 unspecified atom stereocenters. The molecular weight excluding hydrogens is 310 g/mol. The number of benzene rings is 2. The molecule has 5 heteroatoms. The topological polar surface area (TPSA) is 69.4 Å². The van der Waals surface area contributed by atoms with Crippen molar-refractivity contribution in [3.63, 3.8) is 0 Å². The minimum atomic E-state index is -3.54. The Morgan fingerprint density at radius 1 is 0.957 bits per heavy atom. The summed E-state index contributed by atoms with van der Waals surface area (Å²) in [5.41, 5.74) is 7.67. The first kappa shape index (κ1) is 17.5. The van der Waals surface area contributed by atoms with Gasteiger partial charge < -0.3 is 10.5 Å². The van der Waals surface area contributed by atoms with E-state index in [2.05, 4.69) is 13.8 Å². The fraction of sp³-hybridized carbons (Fsp3) is 0.333. The van der Waals surface area contributed by atoms with E-state index >= 15 is 0 Å². The maximum atomic E-state index is 12.9. The van der Waals surface area contributed by atoms with Crippen LogP contribution in [0.5, 0.6) is 5.75 Å². The number of methoxy groups -OCH3 is 1. The minimum absolute atomic E-state index is 0.0371. The predicted octanol–water partition coefficient (Wildman–Crippen LogP) is 3.29. The largest absolute Gasteiger partial charge is 0.497 e. The summed E-state index contributed by atoms with van der Waals surface area (Å²) < 4.78 is 30.8. The van der Waals surface area contributed by atoms with Crippen molar-refractivity contribution in [1.82, 2.24) is 0 Å². The minimum Gasteiger partial charge on any atom is -0.497 e. The highest BCUT2D eigenvalue weighted by molar-refractivity contribution is 7.91. The smallest absolute Gasteiger partial charge is 0.186 e. The van der Waals surface area contributed by atoms with Gasteiger partial charge in [0, 0.05) is 6.54 Å². The molecule has 0 radical (unpaired) electrons. The van der Waals surface area contributed by atoms with Gasteiger partial charge in [-0.1, -0.05) is 38.1 Å². The van der Waals surface area contributed by atoms with E-state index in [0.29, 0.717) is 17.2 Å². The normalized spacial score (nSPS) is 13.1. The molecule has 4 nitrogen and oxygen atoms in total. The molecule has 0 saturated heterocycles. The van der Waals surface area contributed by atoms with Gasteiger partial charge in [0.2, 0.25) is 0 Å². The summed E-state index contributed by atoms with van der Waals surface area (Å²) in [6.45, 7) is 4.24. The molecule has 2 rings (SSSR count). The Labute approximate surface area is 138 Å². The summed E-state index contributed by atoms with van der Waals surface area (Å²) >= 11 is 0. The maximum absolute atomic E-state index is 12.9. The van der Waals surface area contributed by atoms with Crippen molar-refractivity contribution in [1.29, 1.82) is 0 Å². The van der Waals surface area contributed by atoms with Gasteiger partial charge in [-0.3, -0.25) is 0 Å². The molecule has 0 amide bonds. The van der Waals surface area contributed by atoms with Crippen molar-refractivity contribution < 1.29 is 13.2 Å². The zero-order chi connectivity index (χ0) is 17.0. The van der Waals surface area contributed by atoms with Crippen molar-refractivity contribution >= 4 is 9.84 Å². The fourth-order valence-electron chi connectivity index (χ4n) is 2.47. The van der Waals surface area contributed by atoms with Gasteiger partial charge in [0.15, 0.2) is 9.84 Å². The highest BCUT2D eigenvalue weighted by atomic mass is 32.2. The van der Waals surface area contributed by atoms with Gasteiger partial charge in [-0.25, -0.2) is 8.42 Å². The van der Waals surface area contributed by atoms with Crippen molar-refractivity contribution in [2.45, 2.75) is 29.9 Å². The molecule has 0 heterocycles. The molecule has 0 aliphatic heterocycles. The molecule has 0 aliphatic rings. The summed E-state index contributed by atoms with van der Waals surface area (Å²) in [6.07, 6.45) is 0. The number of sulfone groups is 1. The second-order valence-electron chi connectivity index (χ2n) is 5.77. The number of nitrogens with two attached hydrogens (primary N) is 1. The average molecular weight is 333 g/mol. The van der Waals surface area contributed by atoms with E-state index in [1.54, 1.807) is 31.4 Å². The van der Waals surface area contributed by atoms with E-state index in [0.717, 1.165) is 0 Å². The Morgan fingerprint density at radius 2 is 1.48 bits per heavy atom. The summed E-state index contributed by atoms with van der Waals surface area (Å²) in [6, 6.07) is 14.0. The monoisotopic (exact) mass is 333 g/mol. The van der Waals surface area contributed by atoms with Crippen molar-refractivity contribution in [3.05, 3.63) is 59.7 Å². The molecule has 0 fully saturated rings. The van der Waals surface area contributed by atoms with Crippen LogP contribution < -0.4 is 10.5 Å². The first-order chi connectivity index (χ1) is 10.9. The molecule has 0 aromatic heterocycles. The van der Waals surface area contributed by atoms with E-state index < -0.39 is 15.1 Å². The van der Waals surface area contributed by atoms with Crippen molar-refractivity contribution in [2.75, 3.05) is 13.7 Å². The van der Waals surface area contributed by atoms with Crippen LogP contribution in [0.25, 0.3) is 0 Å². The van der Waals surface area contributed by atoms with Crippen LogP contribution >= 0.6 is 0 Å². The van der Waals surface area contributed by atoms with Crippen molar-refractivity contribution in [2.24, 2.45) is 5.73 Å². The lowest BCUT2D eigenvalue weighted by Crippen LogP contribution is -2.22. The maximum Gasteiger partial charge on any atom is 0.186 e. The molecule has 2 aromatic rings. The molecule has 0 aliphatic carbocycles. The Bertz CT molecular complexity index is 735. The lowest BCUT2D eigenvalue weighted by molar-refractivity contribution is 0.414. The Morgan fingerprint density at radius 3 is 1.91 bits per heavy atom. The number of rotatable bonds is 6. The molecule has 2 aromatic carbocycles. The van der Waals surface area contributed by atoms with E-state index in [9.17, 15) is 8.42 Å². The van der Waals surface area contributed by atoms with Crippen LogP contribution in [0.3, 0.4) is 0 Å². The van der Waals surface area contributed by atoms with Crippen LogP contribution in [-0.2, 0) is 9.84 Å². The van der Waals surface area contributed by atoms with E-state index in [4.69, 9.17) is 10.5 Å². The highest BCUT2D eigenvalue weighted by Crippen LogP contribution is 2.30. The molecule has 124 valence electrons. The Kier molecular flexibility index (Phi) is 5.44. The third-order valence-electron chi connectivity index (χ3n) is 3.95. The molecule has 1 atom stereocenters. The highest BCUT2D eigenvalue weighted by Gasteiger charge is 2.28. The molecule has 0 spiro atoms. The quantitative estimate of drug-likeness (QED) is 0.880. The van der Waals surface area contributed by atoms with Crippen LogP contribution in [0.15, 0.2) is 53.4 Å². The average Bonchev–Trinajstić information content (AvgIpc) is 2.56. The molecule has 23 heavy (non-hydrogen) atoms. The van der Waals surface area contributed by atoms with Crippen molar-refractivity contribution in [3.8, 4) is 5.75 Å². The van der Waals surface area contributed by atoms with Crippen LogP contribution in [0.2, 0.25) is 0 Å². The lowest BCUT2D eigenvalue weighted by Gasteiger charge is -2.17. The van der Waals surface area contributed by atoms with Crippen LogP contribution in [0.1, 0.15) is 36.1 Å². The first-order valence-electron chi connectivity index (χ1n) is 7.58. The van der Waals surface area contributed by atoms with E-state index in [-0.39, 0.29) is 11.4 Å². The summed E-state index contributed by atoms with van der Waals surface area (Å²) in [5.74, 6) is 1.02. The molecular formula is C18H23NO3S. The number of ether oxygens (including phenoxy) is 1. The lowest BCUT2D eigenvalue weighted by atomic mass is 10.0. The van der Waals surface area contributed by atoms with Gasteiger partial charge in [-0.05, 0) is 41.3 Å². The summed E-state index contributed by atoms with van der Waals surface area (Å²) in [4.78, 5) is 0.252. The number of hydrogen-bond donors (Lipinski definition) is 1. The third-order valence-corrected chi connectivity index (χ3v) is 6.09. The second-order valence-corrected chi connectivity index (χ2v) is 7.90. The van der Waals surface area contributed by atoms with Gasteiger partial charge in [-0.2, -0.15) is 0 Å². The van der Waals surface area contributed by atoms with Crippen LogP contribution in [0.4, 0.5) is 0 Å². The van der Waals surface area contributed by atoms with Gasteiger partial charge in [0.05, 0.1) is 12.0 Å². The predicted molar refractivity (Wildman–Crippen MR) is 92.5 cm³/mol. The molecule has 2 N–H and O–H groups in total.